The van der Waals surface area contributed by atoms with Crippen molar-refractivity contribution >= 4 is 31.9 Å². The molecule has 4 heteroatoms. The second-order valence-electron chi connectivity index (χ2n) is 5.12. The van der Waals surface area contributed by atoms with E-state index in [-0.39, 0.29) is 0 Å². The molecule has 0 aromatic carbocycles. The van der Waals surface area contributed by atoms with Crippen molar-refractivity contribution in [1.29, 1.82) is 0 Å². The van der Waals surface area contributed by atoms with Crippen molar-refractivity contribution in [2.75, 3.05) is 0 Å². The highest BCUT2D eigenvalue weighted by Crippen LogP contribution is 2.39. The normalized spacial score (nSPS) is 17.1. The lowest BCUT2D eigenvalue weighted by atomic mass is 10.1. The Kier molecular flexibility index (Phi) is 5.31. The van der Waals surface area contributed by atoms with Crippen molar-refractivity contribution in [3.63, 3.8) is 0 Å². The number of aryl methyl sites for hydroxylation is 2. The lowest BCUT2D eigenvalue weighted by Crippen LogP contribution is -2.05. The fraction of sp³-hybridized carbons (Fsp3) is 0.786. The molecule has 0 aliphatic heterocycles. The Balaban J connectivity index is 1.92. The van der Waals surface area contributed by atoms with Gasteiger partial charge in [-0.3, -0.25) is 4.68 Å². The highest BCUT2D eigenvalue weighted by Gasteiger charge is 2.28. The van der Waals surface area contributed by atoms with Crippen molar-refractivity contribution < 1.29 is 0 Å². The minimum Gasteiger partial charge on any atom is -0.268 e. The van der Waals surface area contributed by atoms with Gasteiger partial charge in [-0.2, -0.15) is 5.10 Å². The van der Waals surface area contributed by atoms with Gasteiger partial charge in [0.2, 0.25) is 0 Å². The lowest BCUT2D eigenvalue weighted by molar-refractivity contribution is 0.584. The van der Waals surface area contributed by atoms with Gasteiger partial charge in [-0.1, -0.05) is 22.9 Å². The van der Waals surface area contributed by atoms with Crippen molar-refractivity contribution in [2.45, 2.75) is 63.7 Å². The van der Waals surface area contributed by atoms with Gasteiger partial charge in [-0.05, 0) is 67.3 Å². The maximum atomic E-state index is 4.65. The molecule has 1 atom stereocenters. The van der Waals surface area contributed by atoms with Crippen LogP contribution in [0.25, 0.3) is 0 Å². The van der Waals surface area contributed by atoms with Crippen LogP contribution in [0.4, 0.5) is 0 Å². The average molecular weight is 378 g/mol. The Labute approximate surface area is 127 Å². The summed E-state index contributed by atoms with van der Waals surface area (Å²) in [5, 5.41) is 4.65. The van der Waals surface area contributed by atoms with Crippen LogP contribution in [-0.4, -0.2) is 14.6 Å². The molecule has 1 unspecified atom stereocenters. The number of nitrogens with zero attached hydrogens (tertiary/aromatic N) is 2. The summed E-state index contributed by atoms with van der Waals surface area (Å²) < 4.78 is 3.40. The van der Waals surface area contributed by atoms with E-state index in [9.17, 15) is 0 Å². The number of halogens is 2. The molecule has 1 aromatic rings. The minimum absolute atomic E-state index is 0.736. The van der Waals surface area contributed by atoms with Crippen LogP contribution >= 0.6 is 31.9 Å². The summed E-state index contributed by atoms with van der Waals surface area (Å²) in [7, 11) is 0. The summed E-state index contributed by atoms with van der Waals surface area (Å²) in [6, 6.07) is 0. The van der Waals surface area contributed by atoms with Crippen LogP contribution in [0.1, 0.15) is 50.9 Å². The van der Waals surface area contributed by atoms with E-state index in [0.717, 1.165) is 30.1 Å². The van der Waals surface area contributed by atoms with Gasteiger partial charge in [-0.25, -0.2) is 0 Å². The molecule has 0 spiro atoms. The maximum absolute atomic E-state index is 4.65. The van der Waals surface area contributed by atoms with E-state index < -0.39 is 0 Å². The number of rotatable bonds is 7. The molecule has 1 heterocycles. The quantitative estimate of drug-likeness (QED) is 0.628. The summed E-state index contributed by atoms with van der Waals surface area (Å²) in [6.07, 6.45) is 7.52. The van der Waals surface area contributed by atoms with E-state index in [2.05, 4.69) is 55.5 Å². The molecule has 1 aliphatic rings. The zero-order chi connectivity index (χ0) is 13.1. The number of hydrogen-bond acceptors (Lipinski definition) is 1. The van der Waals surface area contributed by atoms with Gasteiger partial charge in [0.15, 0.2) is 0 Å². The fourth-order valence-corrected chi connectivity index (χ4v) is 4.03. The summed E-state index contributed by atoms with van der Waals surface area (Å²) in [5.74, 6) is 0.954. The third-order valence-corrected chi connectivity index (χ3v) is 5.84. The fourth-order valence-electron chi connectivity index (χ4n) is 2.41. The smallest absolute Gasteiger partial charge is 0.0766 e. The summed E-state index contributed by atoms with van der Waals surface area (Å²) >= 11 is 7.53. The first-order valence-electron chi connectivity index (χ1n) is 7.05. The highest BCUT2D eigenvalue weighted by atomic mass is 79.9. The van der Waals surface area contributed by atoms with Crippen LogP contribution in [0.15, 0.2) is 4.47 Å². The molecule has 1 aliphatic carbocycles. The standard InChI is InChI=1S/C14H22Br2N2/c1-3-12-14(16)13(18(4-2)17-12)7-5-6-11(15)10-8-9-10/h10-11H,3-9H2,1-2H3. The Hall–Kier alpha value is 0.170. The first-order chi connectivity index (χ1) is 8.67. The second-order valence-corrected chi connectivity index (χ2v) is 7.09. The molecule has 0 amide bonds. The Morgan fingerprint density at radius 2 is 2.11 bits per heavy atom. The van der Waals surface area contributed by atoms with Gasteiger partial charge in [0.1, 0.15) is 0 Å². The lowest BCUT2D eigenvalue weighted by Gasteiger charge is -2.09. The molecular formula is C14H22Br2N2. The molecule has 0 radical (unpaired) electrons. The summed E-state index contributed by atoms with van der Waals surface area (Å²) in [4.78, 5) is 0.736. The maximum Gasteiger partial charge on any atom is 0.0766 e. The Bertz CT molecular complexity index is 397. The molecule has 1 aromatic heterocycles. The molecule has 1 fully saturated rings. The molecule has 0 bridgehead atoms. The van der Waals surface area contributed by atoms with E-state index in [1.807, 2.05) is 0 Å². The zero-order valence-electron chi connectivity index (χ0n) is 11.3. The van der Waals surface area contributed by atoms with Crippen LogP contribution in [0, 0.1) is 5.92 Å². The van der Waals surface area contributed by atoms with Crippen LogP contribution in [-0.2, 0) is 19.4 Å². The van der Waals surface area contributed by atoms with Gasteiger partial charge in [0.05, 0.1) is 15.9 Å². The average Bonchev–Trinajstić information content (AvgIpc) is 3.17. The Morgan fingerprint density at radius 3 is 2.67 bits per heavy atom. The topological polar surface area (TPSA) is 17.8 Å². The predicted molar refractivity (Wildman–Crippen MR) is 83.4 cm³/mol. The van der Waals surface area contributed by atoms with Crippen LogP contribution in [0.3, 0.4) is 0 Å². The van der Waals surface area contributed by atoms with Gasteiger partial charge in [0.25, 0.3) is 0 Å². The molecule has 2 rings (SSSR count). The molecule has 2 nitrogen and oxygen atoms in total. The molecule has 0 N–H and O–H groups in total. The second kappa shape index (κ2) is 6.56. The number of aromatic nitrogens is 2. The highest BCUT2D eigenvalue weighted by molar-refractivity contribution is 9.10. The molecular weight excluding hydrogens is 356 g/mol. The zero-order valence-corrected chi connectivity index (χ0v) is 14.4. The predicted octanol–water partition coefficient (Wildman–Crippen LogP) is 4.72. The first-order valence-corrected chi connectivity index (χ1v) is 8.76. The SMILES string of the molecule is CCc1nn(CC)c(CCCC(Br)C2CC2)c1Br. The summed E-state index contributed by atoms with van der Waals surface area (Å²) in [6.45, 7) is 5.30. The van der Waals surface area contributed by atoms with E-state index in [4.69, 9.17) is 0 Å². The Morgan fingerprint density at radius 1 is 1.39 bits per heavy atom. The number of hydrogen-bond donors (Lipinski definition) is 0. The molecule has 102 valence electrons. The van der Waals surface area contributed by atoms with Crippen LogP contribution in [0.2, 0.25) is 0 Å². The number of alkyl halides is 1. The van der Waals surface area contributed by atoms with Gasteiger partial charge < -0.3 is 0 Å². The van der Waals surface area contributed by atoms with Crippen molar-refractivity contribution in [1.82, 2.24) is 9.78 Å². The van der Waals surface area contributed by atoms with E-state index in [1.54, 1.807) is 0 Å². The van der Waals surface area contributed by atoms with Gasteiger partial charge in [0, 0.05) is 11.4 Å². The van der Waals surface area contributed by atoms with Gasteiger partial charge >= 0.3 is 0 Å². The first kappa shape index (κ1) is 14.6. The minimum atomic E-state index is 0.736. The molecule has 18 heavy (non-hydrogen) atoms. The van der Waals surface area contributed by atoms with Gasteiger partial charge in [-0.15, -0.1) is 0 Å². The van der Waals surface area contributed by atoms with Crippen LogP contribution in [0.5, 0.6) is 0 Å². The summed E-state index contributed by atoms with van der Waals surface area (Å²) in [5.41, 5.74) is 2.58. The van der Waals surface area contributed by atoms with Crippen molar-refractivity contribution in [3.8, 4) is 0 Å². The largest absolute Gasteiger partial charge is 0.268 e. The third kappa shape index (κ3) is 3.38. The van der Waals surface area contributed by atoms with E-state index in [0.29, 0.717) is 0 Å². The monoisotopic (exact) mass is 376 g/mol. The third-order valence-electron chi connectivity index (χ3n) is 3.72. The van der Waals surface area contributed by atoms with Crippen molar-refractivity contribution in [3.05, 3.63) is 15.9 Å². The molecule has 1 saturated carbocycles. The van der Waals surface area contributed by atoms with E-state index in [1.165, 1.54) is 41.5 Å². The van der Waals surface area contributed by atoms with Crippen molar-refractivity contribution in [2.24, 2.45) is 5.92 Å². The van der Waals surface area contributed by atoms with Crippen LogP contribution < -0.4 is 0 Å². The molecule has 0 saturated heterocycles. The van der Waals surface area contributed by atoms with E-state index >= 15 is 0 Å².